The zero-order chi connectivity index (χ0) is 14.8. The van der Waals surface area contributed by atoms with Crippen molar-refractivity contribution in [3.8, 4) is 0 Å². The molecule has 2 aromatic rings. The Bertz CT molecular complexity index is 655. The van der Waals surface area contributed by atoms with Crippen molar-refractivity contribution in [2.45, 2.75) is 24.7 Å². The van der Waals surface area contributed by atoms with E-state index in [-0.39, 0.29) is 6.10 Å². The standard InChI is InChI=1S/C17H20N2O3/c1-2-4-15-13(3-1)5-6-16(19-15)18-11-14-12-21-17(22-14)7-9-20-10-8-17/h1-6,14H,7-12H2,(H,18,19). The van der Waals surface area contributed by atoms with E-state index in [1.165, 1.54) is 0 Å². The third kappa shape index (κ3) is 2.79. The predicted octanol–water partition coefficient (Wildman–Crippen LogP) is 2.57. The Labute approximate surface area is 129 Å². The number of nitrogens with zero attached hydrogens (tertiary/aromatic N) is 1. The van der Waals surface area contributed by atoms with Crippen LogP contribution < -0.4 is 5.32 Å². The molecule has 1 N–H and O–H groups in total. The molecule has 0 saturated carbocycles. The number of rotatable bonds is 3. The van der Waals surface area contributed by atoms with E-state index in [0.29, 0.717) is 26.4 Å². The van der Waals surface area contributed by atoms with E-state index in [0.717, 1.165) is 29.6 Å². The topological polar surface area (TPSA) is 52.6 Å². The number of fused-ring (bicyclic) bond motifs is 1. The van der Waals surface area contributed by atoms with Crippen LogP contribution in [0.2, 0.25) is 0 Å². The molecule has 0 amide bonds. The van der Waals surface area contributed by atoms with E-state index in [2.05, 4.69) is 22.4 Å². The number of anilines is 1. The Morgan fingerprint density at radius 3 is 2.91 bits per heavy atom. The summed E-state index contributed by atoms with van der Waals surface area (Å²) in [5, 5.41) is 4.50. The maximum Gasteiger partial charge on any atom is 0.173 e. The van der Waals surface area contributed by atoms with E-state index >= 15 is 0 Å². The normalized spacial score (nSPS) is 23.9. The number of ether oxygens (including phenoxy) is 3. The molecule has 116 valence electrons. The van der Waals surface area contributed by atoms with Crippen molar-refractivity contribution in [2.75, 3.05) is 31.7 Å². The molecule has 0 aliphatic carbocycles. The van der Waals surface area contributed by atoms with Crippen LogP contribution in [0.25, 0.3) is 10.9 Å². The monoisotopic (exact) mass is 300 g/mol. The van der Waals surface area contributed by atoms with Crippen LogP contribution >= 0.6 is 0 Å². The van der Waals surface area contributed by atoms with Crippen molar-refractivity contribution >= 4 is 16.7 Å². The summed E-state index contributed by atoms with van der Waals surface area (Å²) >= 11 is 0. The number of hydrogen-bond donors (Lipinski definition) is 1. The highest BCUT2D eigenvalue weighted by molar-refractivity contribution is 5.80. The average molecular weight is 300 g/mol. The third-order valence-electron chi connectivity index (χ3n) is 4.28. The average Bonchev–Trinajstić information content (AvgIpc) is 2.96. The van der Waals surface area contributed by atoms with Crippen LogP contribution in [0, 0.1) is 0 Å². The summed E-state index contributed by atoms with van der Waals surface area (Å²) in [6.45, 7) is 2.76. The number of hydrogen-bond acceptors (Lipinski definition) is 5. The van der Waals surface area contributed by atoms with Crippen LogP contribution in [-0.2, 0) is 14.2 Å². The smallest absolute Gasteiger partial charge is 0.173 e. The lowest BCUT2D eigenvalue weighted by atomic mass is 10.1. The molecule has 4 rings (SSSR count). The van der Waals surface area contributed by atoms with Gasteiger partial charge in [-0.2, -0.15) is 0 Å². The van der Waals surface area contributed by atoms with Gasteiger partial charge in [0.05, 0.1) is 25.3 Å². The van der Waals surface area contributed by atoms with E-state index in [1.807, 2.05) is 24.3 Å². The van der Waals surface area contributed by atoms with Gasteiger partial charge in [-0.05, 0) is 18.2 Å². The van der Waals surface area contributed by atoms with Gasteiger partial charge in [0.15, 0.2) is 5.79 Å². The van der Waals surface area contributed by atoms with Crippen molar-refractivity contribution in [1.29, 1.82) is 0 Å². The van der Waals surface area contributed by atoms with Gasteiger partial charge in [-0.3, -0.25) is 0 Å². The van der Waals surface area contributed by atoms with Crippen LogP contribution in [0.15, 0.2) is 36.4 Å². The zero-order valence-electron chi connectivity index (χ0n) is 12.5. The summed E-state index contributed by atoms with van der Waals surface area (Å²) < 4.78 is 17.4. The van der Waals surface area contributed by atoms with Crippen molar-refractivity contribution < 1.29 is 14.2 Å². The highest BCUT2D eigenvalue weighted by Crippen LogP contribution is 2.33. The zero-order valence-corrected chi connectivity index (χ0v) is 12.5. The number of pyridine rings is 1. The number of nitrogens with one attached hydrogen (secondary N) is 1. The molecular weight excluding hydrogens is 280 g/mol. The fraction of sp³-hybridized carbons (Fsp3) is 0.471. The lowest BCUT2D eigenvalue weighted by Gasteiger charge is -2.31. The van der Waals surface area contributed by atoms with E-state index in [9.17, 15) is 0 Å². The van der Waals surface area contributed by atoms with Gasteiger partial charge in [-0.1, -0.05) is 18.2 Å². The van der Waals surface area contributed by atoms with Gasteiger partial charge in [0, 0.05) is 24.8 Å². The maximum absolute atomic E-state index is 6.11. The van der Waals surface area contributed by atoms with Crippen LogP contribution in [0.5, 0.6) is 0 Å². The molecule has 2 saturated heterocycles. The molecule has 1 aromatic carbocycles. The highest BCUT2D eigenvalue weighted by atomic mass is 16.7. The van der Waals surface area contributed by atoms with Crippen molar-refractivity contribution in [3.63, 3.8) is 0 Å². The Hall–Kier alpha value is -1.69. The molecule has 1 spiro atoms. The number of benzene rings is 1. The Morgan fingerprint density at radius 1 is 1.14 bits per heavy atom. The molecule has 1 aromatic heterocycles. The summed E-state index contributed by atoms with van der Waals surface area (Å²) in [6, 6.07) is 12.2. The minimum atomic E-state index is -0.415. The molecule has 3 heterocycles. The quantitative estimate of drug-likeness (QED) is 0.944. The third-order valence-corrected chi connectivity index (χ3v) is 4.28. The molecule has 0 radical (unpaired) electrons. The molecule has 5 nitrogen and oxygen atoms in total. The molecule has 2 aliphatic heterocycles. The Balaban J connectivity index is 1.38. The first kappa shape index (κ1) is 13.9. The van der Waals surface area contributed by atoms with Gasteiger partial charge >= 0.3 is 0 Å². The van der Waals surface area contributed by atoms with Crippen molar-refractivity contribution in [2.24, 2.45) is 0 Å². The minimum absolute atomic E-state index is 0.0615. The highest BCUT2D eigenvalue weighted by Gasteiger charge is 2.42. The molecule has 2 aliphatic rings. The second kappa shape index (κ2) is 5.83. The number of para-hydroxylation sites is 1. The first-order chi connectivity index (χ1) is 10.8. The van der Waals surface area contributed by atoms with Gasteiger partial charge in [-0.15, -0.1) is 0 Å². The predicted molar refractivity (Wildman–Crippen MR) is 83.8 cm³/mol. The van der Waals surface area contributed by atoms with Crippen LogP contribution in [0.3, 0.4) is 0 Å². The first-order valence-electron chi connectivity index (χ1n) is 7.82. The van der Waals surface area contributed by atoms with Crippen LogP contribution in [-0.4, -0.2) is 43.2 Å². The van der Waals surface area contributed by atoms with Gasteiger partial charge in [0.25, 0.3) is 0 Å². The van der Waals surface area contributed by atoms with Crippen molar-refractivity contribution in [3.05, 3.63) is 36.4 Å². The van der Waals surface area contributed by atoms with E-state index in [1.54, 1.807) is 0 Å². The van der Waals surface area contributed by atoms with Gasteiger partial charge < -0.3 is 19.5 Å². The second-order valence-corrected chi connectivity index (χ2v) is 5.84. The minimum Gasteiger partial charge on any atom is -0.381 e. The largest absolute Gasteiger partial charge is 0.381 e. The summed E-state index contributed by atoms with van der Waals surface area (Å²) in [6.07, 6.45) is 1.70. The summed E-state index contributed by atoms with van der Waals surface area (Å²) in [5.74, 6) is 0.455. The maximum atomic E-state index is 6.11. The van der Waals surface area contributed by atoms with Crippen LogP contribution in [0.4, 0.5) is 5.82 Å². The summed E-state index contributed by atoms with van der Waals surface area (Å²) in [7, 11) is 0. The molecule has 22 heavy (non-hydrogen) atoms. The van der Waals surface area contributed by atoms with Crippen molar-refractivity contribution in [1.82, 2.24) is 4.98 Å². The second-order valence-electron chi connectivity index (χ2n) is 5.84. The number of aromatic nitrogens is 1. The lowest BCUT2D eigenvalue weighted by molar-refractivity contribution is -0.209. The Kier molecular flexibility index (Phi) is 3.70. The molecule has 2 fully saturated rings. The summed E-state index contributed by atoms with van der Waals surface area (Å²) in [5.41, 5.74) is 0.997. The SMILES string of the molecule is c1ccc2nc(NCC3COC4(CCOCC4)O3)ccc2c1. The lowest BCUT2D eigenvalue weighted by Crippen LogP contribution is -2.38. The fourth-order valence-corrected chi connectivity index (χ4v) is 3.04. The molecule has 1 atom stereocenters. The van der Waals surface area contributed by atoms with Crippen LogP contribution in [0.1, 0.15) is 12.8 Å². The Morgan fingerprint density at radius 2 is 2.00 bits per heavy atom. The molecule has 5 heteroatoms. The fourth-order valence-electron chi connectivity index (χ4n) is 3.04. The molecule has 1 unspecified atom stereocenters. The van der Waals surface area contributed by atoms with Gasteiger partial charge in [0.2, 0.25) is 0 Å². The first-order valence-corrected chi connectivity index (χ1v) is 7.82. The van der Waals surface area contributed by atoms with Gasteiger partial charge in [-0.25, -0.2) is 4.98 Å². The van der Waals surface area contributed by atoms with E-state index < -0.39 is 5.79 Å². The van der Waals surface area contributed by atoms with Gasteiger partial charge in [0.1, 0.15) is 11.9 Å². The summed E-state index contributed by atoms with van der Waals surface area (Å²) in [4.78, 5) is 4.61. The molecular formula is C17H20N2O3. The van der Waals surface area contributed by atoms with E-state index in [4.69, 9.17) is 14.2 Å². The molecule has 0 bridgehead atoms.